The second kappa shape index (κ2) is 7.28. The van der Waals surface area contributed by atoms with Crippen LogP contribution in [0.2, 0.25) is 0 Å². The number of pyridine rings is 1. The first kappa shape index (κ1) is 17.4. The summed E-state index contributed by atoms with van der Waals surface area (Å²) in [5.74, 6) is 0.727. The lowest BCUT2D eigenvalue weighted by molar-refractivity contribution is 0.237. The Balaban J connectivity index is 1.59. The highest BCUT2D eigenvalue weighted by atomic mass is 19.1. The maximum absolute atomic E-state index is 14.3. The number of benzene rings is 1. The zero-order chi connectivity index (χ0) is 18.8. The largest absolute Gasteiger partial charge is 0.497 e. The third-order valence-electron chi connectivity index (χ3n) is 4.76. The minimum Gasteiger partial charge on any atom is -0.497 e. The van der Waals surface area contributed by atoms with E-state index < -0.39 is 0 Å². The number of halogens is 1. The van der Waals surface area contributed by atoms with Gasteiger partial charge in [0.1, 0.15) is 17.4 Å². The summed E-state index contributed by atoms with van der Waals surface area (Å²) in [5, 5.41) is 0. The first-order valence-electron chi connectivity index (χ1n) is 8.71. The van der Waals surface area contributed by atoms with Crippen LogP contribution in [0.15, 0.2) is 47.5 Å². The minimum atomic E-state index is -0.295. The molecule has 0 bridgehead atoms. The lowest BCUT2D eigenvalue weighted by Gasteiger charge is -2.28. The van der Waals surface area contributed by atoms with Crippen molar-refractivity contribution >= 4 is 0 Å². The average molecular weight is 366 g/mol. The van der Waals surface area contributed by atoms with Crippen LogP contribution in [0.1, 0.15) is 16.8 Å². The van der Waals surface area contributed by atoms with Gasteiger partial charge in [-0.2, -0.15) is 0 Å². The molecule has 0 aliphatic carbocycles. The molecular formula is C20H19FN4O2. The lowest BCUT2D eigenvalue weighted by atomic mass is 10.0. The Labute approximate surface area is 155 Å². The number of ether oxygens (including phenoxy) is 1. The molecule has 0 saturated carbocycles. The van der Waals surface area contributed by atoms with Crippen LogP contribution in [0.25, 0.3) is 11.4 Å². The highest BCUT2D eigenvalue weighted by molar-refractivity contribution is 5.54. The molecule has 3 heterocycles. The molecule has 1 aliphatic heterocycles. The van der Waals surface area contributed by atoms with Crippen molar-refractivity contribution in [3.63, 3.8) is 0 Å². The topological polar surface area (TPSA) is 71.1 Å². The van der Waals surface area contributed by atoms with E-state index in [-0.39, 0.29) is 11.4 Å². The van der Waals surface area contributed by atoms with Crippen molar-refractivity contribution in [3.8, 4) is 17.1 Å². The Hall–Kier alpha value is -3.06. The third kappa shape index (κ3) is 3.59. The van der Waals surface area contributed by atoms with Gasteiger partial charge in [0, 0.05) is 54.8 Å². The summed E-state index contributed by atoms with van der Waals surface area (Å²) in [6, 6.07) is 8.48. The van der Waals surface area contributed by atoms with Crippen molar-refractivity contribution in [2.24, 2.45) is 0 Å². The average Bonchev–Trinajstić information content (AvgIpc) is 2.70. The Morgan fingerprint density at radius 2 is 2.07 bits per heavy atom. The zero-order valence-electron chi connectivity index (χ0n) is 14.9. The second-order valence-corrected chi connectivity index (χ2v) is 6.49. The predicted molar refractivity (Wildman–Crippen MR) is 98.9 cm³/mol. The van der Waals surface area contributed by atoms with Crippen LogP contribution >= 0.6 is 0 Å². The summed E-state index contributed by atoms with van der Waals surface area (Å²) >= 11 is 0. The molecule has 0 saturated heterocycles. The standard InChI is InChI=1S/C20H19FN4O2/c1-27-15-3-2-14(17(21)10-15)11-25-9-6-16-18(12-25)23-19(24-20(16)26)13-4-7-22-8-5-13/h2-5,7-8,10H,6,9,11-12H2,1H3,(H,23,24,26). The molecule has 4 rings (SSSR count). The summed E-state index contributed by atoms with van der Waals surface area (Å²) in [6.07, 6.45) is 3.91. The number of nitrogens with one attached hydrogen (secondary N) is 1. The van der Waals surface area contributed by atoms with Gasteiger partial charge < -0.3 is 9.72 Å². The zero-order valence-corrected chi connectivity index (χ0v) is 14.9. The number of hydrogen-bond acceptors (Lipinski definition) is 5. The lowest BCUT2D eigenvalue weighted by Crippen LogP contribution is -2.35. The number of aromatic amines is 1. The van der Waals surface area contributed by atoms with Gasteiger partial charge in [0.25, 0.3) is 5.56 Å². The van der Waals surface area contributed by atoms with Crippen LogP contribution < -0.4 is 10.3 Å². The Morgan fingerprint density at radius 1 is 1.26 bits per heavy atom. The van der Waals surface area contributed by atoms with Crippen LogP contribution in [0.4, 0.5) is 4.39 Å². The number of hydrogen-bond donors (Lipinski definition) is 1. The van der Waals surface area contributed by atoms with Gasteiger partial charge in [-0.15, -0.1) is 0 Å². The van der Waals surface area contributed by atoms with Crippen LogP contribution in [0.5, 0.6) is 5.75 Å². The molecule has 27 heavy (non-hydrogen) atoms. The summed E-state index contributed by atoms with van der Waals surface area (Å²) in [4.78, 5) is 26.0. The van der Waals surface area contributed by atoms with Crippen LogP contribution in [-0.4, -0.2) is 33.5 Å². The normalized spacial score (nSPS) is 14.0. The maximum Gasteiger partial charge on any atom is 0.254 e. The van der Waals surface area contributed by atoms with E-state index in [0.29, 0.717) is 48.8 Å². The van der Waals surface area contributed by atoms with E-state index in [1.165, 1.54) is 13.2 Å². The number of rotatable bonds is 4. The monoisotopic (exact) mass is 366 g/mol. The molecule has 0 atom stereocenters. The van der Waals surface area contributed by atoms with E-state index in [4.69, 9.17) is 4.74 Å². The Morgan fingerprint density at radius 3 is 2.81 bits per heavy atom. The fraction of sp³-hybridized carbons (Fsp3) is 0.250. The number of methoxy groups -OCH3 is 1. The summed E-state index contributed by atoms with van der Waals surface area (Å²) in [6.45, 7) is 1.63. The van der Waals surface area contributed by atoms with Gasteiger partial charge in [-0.3, -0.25) is 14.7 Å². The first-order valence-corrected chi connectivity index (χ1v) is 8.71. The molecular weight excluding hydrogens is 347 g/mol. The van der Waals surface area contributed by atoms with E-state index in [2.05, 4.69) is 19.9 Å². The van der Waals surface area contributed by atoms with Crippen molar-refractivity contribution in [2.75, 3.05) is 13.7 Å². The van der Waals surface area contributed by atoms with E-state index in [1.54, 1.807) is 36.7 Å². The highest BCUT2D eigenvalue weighted by Gasteiger charge is 2.22. The van der Waals surface area contributed by atoms with Gasteiger partial charge in [-0.05, 0) is 24.6 Å². The molecule has 138 valence electrons. The van der Waals surface area contributed by atoms with Gasteiger partial charge in [-0.25, -0.2) is 9.37 Å². The first-order chi connectivity index (χ1) is 13.1. The van der Waals surface area contributed by atoms with Crippen molar-refractivity contribution < 1.29 is 9.13 Å². The van der Waals surface area contributed by atoms with Crippen LogP contribution in [-0.2, 0) is 19.5 Å². The van der Waals surface area contributed by atoms with Gasteiger partial charge in [-0.1, -0.05) is 6.07 Å². The molecule has 0 amide bonds. The number of aromatic nitrogens is 3. The molecule has 7 heteroatoms. The molecule has 1 aromatic carbocycles. The van der Waals surface area contributed by atoms with Gasteiger partial charge in [0.2, 0.25) is 0 Å². The van der Waals surface area contributed by atoms with Gasteiger partial charge in [0.05, 0.1) is 12.8 Å². The molecule has 0 radical (unpaired) electrons. The summed E-state index contributed by atoms with van der Waals surface area (Å²) in [5.41, 5.74) is 2.74. The molecule has 6 nitrogen and oxygen atoms in total. The molecule has 1 N–H and O–H groups in total. The van der Waals surface area contributed by atoms with E-state index >= 15 is 0 Å². The number of fused-ring (bicyclic) bond motifs is 1. The van der Waals surface area contributed by atoms with Gasteiger partial charge >= 0.3 is 0 Å². The fourth-order valence-electron chi connectivity index (χ4n) is 3.30. The predicted octanol–water partition coefficient (Wildman–Crippen LogP) is 2.54. The Bertz CT molecular complexity index is 1020. The van der Waals surface area contributed by atoms with Crippen molar-refractivity contribution in [2.45, 2.75) is 19.5 Å². The van der Waals surface area contributed by atoms with Crippen molar-refractivity contribution in [1.82, 2.24) is 19.9 Å². The number of H-pyrrole nitrogens is 1. The minimum absolute atomic E-state index is 0.109. The van der Waals surface area contributed by atoms with Crippen molar-refractivity contribution in [1.29, 1.82) is 0 Å². The van der Waals surface area contributed by atoms with Crippen LogP contribution in [0, 0.1) is 5.82 Å². The fourth-order valence-corrected chi connectivity index (χ4v) is 3.30. The summed E-state index contributed by atoms with van der Waals surface area (Å²) in [7, 11) is 1.51. The smallest absolute Gasteiger partial charge is 0.254 e. The quantitative estimate of drug-likeness (QED) is 0.768. The second-order valence-electron chi connectivity index (χ2n) is 6.49. The van der Waals surface area contributed by atoms with E-state index in [9.17, 15) is 9.18 Å². The summed E-state index contributed by atoms with van der Waals surface area (Å²) < 4.78 is 19.3. The van der Waals surface area contributed by atoms with E-state index in [1.807, 2.05) is 0 Å². The molecule has 0 fully saturated rings. The SMILES string of the molecule is COc1ccc(CN2CCc3c(nc(-c4ccncc4)[nH]c3=O)C2)c(F)c1. The molecule has 0 spiro atoms. The van der Waals surface area contributed by atoms with Gasteiger partial charge in [0.15, 0.2) is 0 Å². The highest BCUT2D eigenvalue weighted by Crippen LogP contribution is 2.22. The van der Waals surface area contributed by atoms with Crippen molar-refractivity contribution in [3.05, 3.63) is 75.7 Å². The van der Waals surface area contributed by atoms with E-state index in [0.717, 1.165) is 11.3 Å². The van der Waals surface area contributed by atoms with Crippen LogP contribution in [0.3, 0.4) is 0 Å². The maximum atomic E-state index is 14.3. The molecule has 1 aliphatic rings. The molecule has 2 aromatic heterocycles. The third-order valence-corrected chi connectivity index (χ3v) is 4.76. The number of nitrogens with zero attached hydrogens (tertiary/aromatic N) is 3. The molecule has 3 aromatic rings. The molecule has 0 unspecified atom stereocenters. The Kier molecular flexibility index (Phi) is 4.68.